The minimum Gasteiger partial charge on any atom is -0.496 e. The molecule has 0 fully saturated rings. The second-order valence-electron chi connectivity index (χ2n) is 8.93. The van der Waals surface area contributed by atoms with Crippen LogP contribution in [0.2, 0.25) is 0 Å². The third kappa shape index (κ3) is 4.19. The summed E-state index contributed by atoms with van der Waals surface area (Å²) in [5, 5.41) is 20.3. The van der Waals surface area contributed by atoms with Gasteiger partial charge in [0.25, 0.3) is 0 Å². The zero-order valence-electron chi connectivity index (χ0n) is 20.3. The number of ether oxygens (including phenoxy) is 1. The maximum Gasteiger partial charge on any atom is 0.305 e. The van der Waals surface area contributed by atoms with Gasteiger partial charge in [-0.1, -0.05) is 17.3 Å². The summed E-state index contributed by atoms with van der Waals surface area (Å²) in [6.45, 7) is 5.55. The Morgan fingerprint density at radius 1 is 1.28 bits per heavy atom. The minimum atomic E-state index is -1.03. The third-order valence-electron chi connectivity index (χ3n) is 6.46. The summed E-state index contributed by atoms with van der Waals surface area (Å²) in [7, 11) is 1.60. The van der Waals surface area contributed by atoms with Crippen molar-refractivity contribution >= 4 is 23.3 Å². The van der Waals surface area contributed by atoms with E-state index in [1.807, 2.05) is 32.9 Å². The van der Waals surface area contributed by atoms with Crippen molar-refractivity contribution in [3.63, 3.8) is 0 Å². The molecule has 36 heavy (non-hydrogen) atoms. The highest BCUT2D eigenvalue weighted by molar-refractivity contribution is 6.07. The number of nitrogens with zero attached hydrogens (tertiary/aromatic N) is 3. The molecule has 2 aliphatic heterocycles. The number of amidine groups is 2. The Hall–Kier alpha value is -4.21. The molecule has 3 atom stereocenters. The zero-order chi connectivity index (χ0) is 25.6. The first-order valence-corrected chi connectivity index (χ1v) is 11.5. The number of halogens is 1. The van der Waals surface area contributed by atoms with Gasteiger partial charge in [-0.05, 0) is 56.2 Å². The van der Waals surface area contributed by atoms with Gasteiger partial charge in [-0.25, -0.2) is 9.38 Å². The van der Waals surface area contributed by atoms with E-state index in [1.54, 1.807) is 19.2 Å². The SMILES string of the molecule is COc1cc2c(cc1-c1c(C)noc1C)NC1N=C(C)NC(=NC(CC(=O)O)c3cccc(F)c3)C21. The topological polar surface area (TPSA) is 121 Å². The Kier molecular flexibility index (Phi) is 5.95. The molecular weight excluding hydrogens is 465 g/mol. The van der Waals surface area contributed by atoms with E-state index < -0.39 is 17.8 Å². The maximum absolute atomic E-state index is 13.9. The fraction of sp³-hybridized carbons (Fsp3) is 0.308. The molecular formula is C26H26FN5O4. The molecule has 0 radical (unpaired) electrons. The van der Waals surface area contributed by atoms with Crippen LogP contribution in [0.25, 0.3) is 11.1 Å². The fourth-order valence-corrected chi connectivity index (χ4v) is 4.93. The highest BCUT2D eigenvalue weighted by Crippen LogP contribution is 2.46. The Morgan fingerprint density at radius 2 is 2.08 bits per heavy atom. The number of hydrogen-bond donors (Lipinski definition) is 3. The quantitative estimate of drug-likeness (QED) is 0.462. The van der Waals surface area contributed by atoms with Crippen LogP contribution >= 0.6 is 0 Å². The molecule has 9 nitrogen and oxygen atoms in total. The number of anilines is 1. The number of carboxylic acids is 1. The number of hydrogen-bond acceptors (Lipinski definition) is 7. The molecule has 0 saturated heterocycles. The molecule has 3 aromatic rings. The van der Waals surface area contributed by atoms with Gasteiger partial charge in [0.2, 0.25) is 0 Å². The predicted octanol–water partition coefficient (Wildman–Crippen LogP) is 4.58. The van der Waals surface area contributed by atoms with E-state index in [1.165, 1.54) is 12.1 Å². The number of methoxy groups -OCH3 is 1. The summed E-state index contributed by atoms with van der Waals surface area (Å²) in [4.78, 5) is 21.2. The monoisotopic (exact) mass is 491 g/mol. The van der Waals surface area contributed by atoms with Crippen LogP contribution in [0.1, 0.15) is 47.9 Å². The summed E-state index contributed by atoms with van der Waals surface area (Å²) in [5.74, 6) is 0.736. The van der Waals surface area contributed by atoms with Crippen LogP contribution in [0.4, 0.5) is 10.1 Å². The Bertz CT molecular complexity index is 1390. The maximum atomic E-state index is 13.9. The van der Waals surface area contributed by atoms with E-state index in [0.29, 0.717) is 28.7 Å². The Morgan fingerprint density at radius 3 is 2.75 bits per heavy atom. The van der Waals surface area contributed by atoms with Gasteiger partial charge >= 0.3 is 5.97 Å². The molecule has 3 N–H and O–H groups in total. The van der Waals surface area contributed by atoms with Crippen molar-refractivity contribution in [3.05, 3.63) is 64.8 Å². The van der Waals surface area contributed by atoms with Crippen LogP contribution in [-0.2, 0) is 4.79 Å². The van der Waals surface area contributed by atoms with Crippen molar-refractivity contribution in [1.82, 2.24) is 10.5 Å². The lowest BCUT2D eigenvalue weighted by Crippen LogP contribution is -2.43. The average molecular weight is 492 g/mol. The molecule has 3 unspecified atom stereocenters. The number of benzene rings is 2. The minimum absolute atomic E-state index is 0.281. The number of fused-ring (bicyclic) bond motifs is 3. The van der Waals surface area contributed by atoms with Gasteiger partial charge in [0.05, 0.1) is 36.7 Å². The van der Waals surface area contributed by atoms with Gasteiger partial charge < -0.3 is 25.0 Å². The molecule has 0 saturated carbocycles. The number of aromatic nitrogens is 1. The summed E-state index contributed by atoms with van der Waals surface area (Å²) in [6.07, 6.45) is -0.626. The van der Waals surface area contributed by atoms with Gasteiger partial charge in [0.1, 0.15) is 35.2 Å². The molecule has 10 heteroatoms. The first-order valence-electron chi connectivity index (χ1n) is 11.5. The van der Waals surface area contributed by atoms with Gasteiger partial charge in [0, 0.05) is 11.3 Å². The summed E-state index contributed by atoms with van der Waals surface area (Å²) in [5.41, 5.74) is 4.71. The average Bonchev–Trinajstić information content (AvgIpc) is 3.35. The van der Waals surface area contributed by atoms with Gasteiger partial charge in [-0.2, -0.15) is 0 Å². The number of aryl methyl sites for hydroxylation is 2. The number of nitrogens with one attached hydrogen (secondary N) is 2. The molecule has 186 valence electrons. The van der Waals surface area contributed by atoms with Crippen LogP contribution in [0.3, 0.4) is 0 Å². The second-order valence-corrected chi connectivity index (χ2v) is 8.93. The van der Waals surface area contributed by atoms with E-state index in [2.05, 4.69) is 15.8 Å². The summed E-state index contributed by atoms with van der Waals surface area (Å²) in [6, 6.07) is 9.02. The van der Waals surface area contributed by atoms with Gasteiger partial charge in [0.15, 0.2) is 0 Å². The lowest BCUT2D eigenvalue weighted by Gasteiger charge is -2.27. The van der Waals surface area contributed by atoms with E-state index in [-0.39, 0.29) is 18.5 Å². The van der Waals surface area contributed by atoms with Crippen LogP contribution < -0.4 is 15.4 Å². The zero-order valence-corrected chi connectivity index (χ0v) is 20.3. The number of carbonyl (C=O) groups is 1. The molecule has 1 aromatic heterocycles. The van der Waals surface area contributed by atoms with Crippen LogP contribution in [-0.4, -0.2) is 41.2 Å². The van der Waals surface area contributed by atoms with Crippen molar-refractivity contribution < 1.29 is 23.6 Å². The van der Waals surface area contributed by atoms with E-state index in [4.69, 9.17) is 19.2 Å². The largest absolute Gasteiger partial charge is 0.496 e. The van der Waals surface area contributed by atoms with Crippen LogP contribution in [0, 0.1) is 19.7 Å². The van der Waals surface area contributed by atoms with Gasteiger partial charge in [-0.15, -0.1) is 0 Å². The Balaban J connectivity index is 1.62. The second kappa shape index (κ2) is 9.10. The lowest BCUT2D eigenvalue weighted by molar-refractivity contribution is -0.137. The molecule has 2 aromatic carbocycles. The number of aliphatic carboxylic acids is 1. The highest BCUT2D eigenvalue weighted by atomic mass is 19.1. The van der Waals surface area contributed by atoms with Crippen molar-refractivity contribution in [2.75, 3.05) is 12.4 Å². The number of carboxylic acid groups (broad SMARTS) is 1. The molecule has 0 amide bonds. The van der Waals surface area contributed by atoms with E-state index >= 15 is 0 Å². The van der Waals surface area contributed by atoms with Crippen LogP contribution in [0.15, 0.2) is 50.9 Å². The van der Waals surface area contributed by atoms with Crippen molar-refractivity contribution in [2.24, 2.45) is 9.98 Å². The fourth-order valence-electron chi connectivity index (χ4n) is 4.93. The lowest BCUT2D eigenvalue weighted by atomic mass is 9.92. The van der Waals surface area contributed by atoms with E-state index in [9.17, 15) is 14.3 Å². The van der Waals surface area contributed by atoms with Crippen molar-refractivity contribution in [3.8, 4) is 16.9 Å². The number of rotatable bonds is 6. The first-order chi connectivity index (χ1) is 17.2. The normalized spacial score (nSPS) is 20.1. The highest BCUT2D eigenvalue weighted by Gasteiger charge is 2.40. The molecule has 0 aliphatic carbocycles. The molecule has 0 bridgehead atoms. The van der Waals surface area contributed by atoms with Crippen molar-refractivity contribution in [2.45, 2.75) is 45.3 Å². The summed E-state index contributed by atoms with van der Waals surface area (Å²) >= 11 is 0. The predicted molar refractivity (Wildman–Crippen MR) is 133 cm³/mol. The standard InChI is InChI=1S/C26H26FN5O4/c1-12-23(13(2)36-32-12)18-9-20-17(10-21(18)35-4)24-25(28-14(3)29-26(24)31-20)30-19(11-22(33)34)15-6-5-7-16(27)8-15/h5-10,19,24,26,31H,11H2,1-4H3,(H,33,34)(H,28,29,30). The Labute approximate surface area is 207 Å². The van der Waals surface area contributed by atoms with Crippen molar-refractivity contribution in [1.29, 1.82) is 0 Å². The first kappa shape index (κ1) is 23.5. The molecule has 5 rings (SSSR count). The molecule has 3 heterocycles. The third-order valence-corrected chi connectivity index (χ3v) is 6.46. The number of aliphatic imine (C=N–C) groups is 2. The molecule has 2 aliphatic rings. The molecule has 0 spiro atoms. The van der Waals surface area contributed by atoms with Gasteiger partial charge in [-0.3, -0.25) is 9.79 Å². The van der Waals surface area contributed by atoms with E-state index in [0.717, 1.165) is 28.1 Å². The summed E-state index contributed by atoms with van der Waals surface area (Å²) < 4.78 is 25.1. The van der Waals surface area contributed by atoms with Crippen LogP contribution in [0.5, 0.6) is 5.75 Å². The smallest absolute Gasteiger partial charge is 0.305 e.